The SMILES string of the molecule is C/C=C/CC1C(C)CCCCC1C(=O)OCC1c2ccccc2-c2ccccc21. The molecule has 2 aliphatic rings. The summed E-state index contributed by atoms with van der Waals surface area (Å²) in [4.78, 5) is 13.2. The van der Waals surface area contributed by atoms with Crippen LogP contribution in [0.1, 0.15) is 63.0 Å². The number of ether oxygens (including phenoxy) is 1. The van der Waals surface area contributed by atoms with Gasteiger partial charge in [0.25, 0.3) is 0 Å². The Hall–Kier alpha value is -2.35. The minimum Gasteiger partial charge on any atom is -0.464 e. The van der Waals surface area contributed by atoms with Gasteiger partial charge in [-0.25, -0.2) is 0 Å². The maximum atomic E-state index is 13.2. The molecule has 0 saturated heterocycles. The third-order valence-corrected chi connectivity index (χ3v) is 6.97. The van der Waals surface area contributed by atoms with Crippen LogP contribution >= 0.6 is 0 Å². The highest BCUT2D eigenvalue weighted by Crippen LogP contribution is 2.45. The second-order valence-corrected chi connectivity index (χ2v) is 8.69. The molecule has 0 aromatic heterocycles. The minimum absolute atomic E-state index is 0.00937. The molecule has 0 radical (unpaired) electrons. The number of rotatable bonds is 5. The van der Waals surface area contributed by atoms with Gasteiger partial charge in [0.05, 0.1) is 5.92 Å². The van der Waals surface area contributed by atoms with Crippen LogP contribution in [0.15, 0.2) is 60.7 Å². The Morgan fingerprint density at radius 3 is 2.28 bits per heavy atom. The number of fused-ring (bicyclic) bond motifs is 3. The molecule has 29 heavy (non-hydrogen) atoms. The van der Waals surface area contributed by atoms with E-state index in [-0.39, 0.29) is 17.8 Å². The van der Waals surface area contributed by atoms with Gasteiger partial charge in [-0.05, 0) is 53.9 Å². The molecule has 3 unspecified atom stereocenters. The van der Waals surface area contributed by atoms with Gasteiger partial charge >= 0.3 is 5.97 Å². The third-order valence-electron chi connectivity index (χ3n) is 6.97. The van der Waals surface area contributed by atoms with Crippen molar-refractivity contribution in [2.75, 3.05) is 6.61 Å². The van der Waals surface area contributed by atoms with Gasteiger partial charge < -0.3 is 4.74 Å². The van der Waals surface area contributed by atoms with Crippen LogP contribution in [-0.4, -0.2) is 12.6 Å². The first-order valence-corrected chi connectivity index (χ1v) is 11.2. The average Bonchev–Trinajstić information content (AvgIpc) is 2.94. The van der Waals surface area contributed by atoms with Crippen LogP contribution in [0.25, 0.3) is 11.1 Å². The van der Waals surface area contributed by atoms with E-state index in [1.807, 2.05) is 0 Å². The summed E-state index contributed by atoms with van der Waals surface area (Å²) in [6.07, 6.45) is 9.83. The fraction of sp³-hybridized carbons (Fsp3) is 0.444. The van der Waals surface area contributed by atoms with Gasteiger partial charge in [-0.2, -0.15) is 0 Å². The van der Waals surface area contributed by atoms with Crippen molar-refractivity contribution < 1.29 is 9.53 Å². The topological polar surface area (TPSA) is 26.3 Å². The molecule has 2 nitrogen and oxygen atoms in total. The Labute approximate surface area is 175 Å². The zero-order chi connectivity index (χ0) is 20.2. The number of carbonyl (C=O) groups excluding carboxylic acids is 1. The van der Waals surface area contributed by atoms with Crippen molar-refractivity contribution in [3.63, 3.8) is 0 Å². The predicted octanol–water partition coefficient (Wildman–Crippen LogP) is 6.75. The van der Waals surface area contributed by atoms with Crippen molar-refractivity contribution >= 4 is 5.97 Å². The molecule has 1 saturated carbocycles. The summed E-state index contributed by atoms with van der Waals surface area (Å²) in [6, 6.07) is 17.0. The minimum atomic E-state index is 0.00937. The van der Waals surface area contributed by atoms with E-state index < -0.39 is 0 Å². The lowest BCUT2D eigenvalue weighted by molar-refractivity contribution is -0.151. The number of allylic oxidation sites excluding steroid dienone is 2. The van der Waals surface area contributed by atoms with Gasteiger partial charge in [0.2, 0.25) is 0 Å². The van der Waals surface area contributed by atoms with Crippen LogP contribution in [0.4, 0.5) is 0 Å². The highest BCUT2D eigenvalue weighted by Gasteiger charge is 2.35. The standard InChI is InChI=1S/C27H32O2/c1-3-4-12-20-19(2)11-5-6-17-25(20)27(28)29-18-26-23-15-9-7-13-21(23)22-14-8-10-16-24(22)26/h3-4,7-10,13-16,19-20,25-26H,5-6,11-12,17-18H2,1-2H3/b4-3+. The fourth-order valence-corrected chi connectivity index (χ4v) is 5.35. The molecule has 0 spiro atoms. The van der Waals surface area contributed by atoms with Crippen molar-refractivity contribution in [1.82, 2.24) is 0 Å². The maximum Gasteiger partial charge on any atom is 0.309 e. The van der Waals surface area contributed by atoms with Crippen LogP contribution in [0.5, 0.6) is 0 Å². The Kier molecular flexibility index (Phi) is 6.18. The molecule has 2 aromatic rings. The number of hydrogen-bond acceptors (Lipinski definition) is 2. The molecule has 2 aliphatic carbocycles. The normalized spacial score (nSPS) is 24.1. The van der Waals surface area contributed by atoms with Crippen LogP contribution < -0.4 is 0 Å². The molecule has 0 bridgehead atoms. The number of hydrogen-bond donors (Lipinski definition) is 0. The van der Waals surface area contributed by atoms with Gasteiger partial charge in [0.1, 0.15) is 6.61 Å². The largest absolute Gasteiger partial charge is 0.464 e. The highest BCUT2D eigenvalue weighted by molar-refractivity contribution is 5.79. The summed E-state index contributed by atoms with van der Waals surface area (Å²) < 4.78 is 6.03. The van der Waals surface area contributed by atoms with Crippen LogP contribution in [0, 0.1) is 17.8 Å². The smallest absolute Gasteiger partial charge is 0.309 e. The summed E-state index contributed by atoms with van der Waals surface area (Å²) >= 11 is 0. The van der Waals surface area contributed by atoms with Crippen molar-refractivity contribution in [2.24, 2.45) is 17.8 Å². The van der Waals surface area contributed by atoms with Gasteiger partial charge in [0.15, 0.2) is 0 Å². The Morgan fingerprint density at radius 1 is 1.00 bits per heavy atom. The van der Waals surface area contributed by atoms with Gasteiger partial charge in [-0.1, -0.05) is 86.9 Å². The van der Waals surface area contributed by atoms with Gasteiger partial charge in [-0.15, -0.1) is 0 Å². The first-order valence-electron chi connectivity index (χ1n) is 11.2. The van der Waals surface area contributed by atoms with E-state index in [0.29, 0.717) is 18.4 Å². The van der Waals surface area contributed by atoms with Gasteiger partial charge in [0, 0.05) is 5.92 Å². The second-order valence-electron chi connectivity index (χ2n) is 8.69. The van der Waals surface area contributed by atoms with E-state index in [2.05, 4.69) is 74.5 Å². The lowest BCUT2D eigenvalue weighted by Gasteiger charge is -2.28. The van der Waals surface area contributed by atoms with Crippen molar-refractivity contribution in [3.05, 3.63) is 71.8 Å². The molecule has 152 valence electrons. The monoisotopic (exact) mass is 388 g/mol. The first-order chi connectivity index (χ1) is 14.2. The summed E-state index contributed by atoms with van der Waals surface area (Å²) in [5.74, 6) is 1.14. The zero-order valence-corrected chi connectivity index (χ0v) is 17.6. The summed E-state index contributed by atoms with van der Waals surface area (Å²) in [6.45, 7) is 4.81. The molecule has 2 heteroatoms. The molecule has 4 rings (SSSR count). The Morgan fingerprint density at radius 2 is 1.62 bits per heavy atom. The number of benzene rings is 2. The second kappa shape index (κ2) is 8.98. The summed E-state index contributed by atoms with van der Waals surface area (Å²) in [5, 5.41) is 0. The highest BCUT2D eigenvalue weighted by atomic mass is 16.5. The van der Waals surface area contributed by atoms with E-state index in [0.717, 1.165) is 19.3 Å². The molecule has 2 aromatic carbocycles. The van der Waals surface area contributed by atoms with Crippen molar-refractivity contribution in [1.29, 1.82) is 0 Å². The molecular formula is C27H32O2. The third kappa shape index (κ3) is 4.03. The lowest BCUT2D eigenvalue weighted by atomic mass is 9.79. The quantitative estimate of drug-likeness (QED) is 0.322. The zero-order valence-electron chi connectivity index (χ0n) is 17.6. The van der Waals surface area contributed by atoms with Crippen molar-refractivity contribution in [2.45, 2.75) is 51.9 Å². The van der Waals surface area contributed by atoms with E-state index in [1.165, 1.54) is 35.1 Å². The molecule has 0 aliphatic heterocycles. The fourth-order valence-electron chi connectivity index (χ4n) is 5.35. The van der Waals surface area contributed by atoms with Crippen molar-refractivity contribution in [3.8, 4) is 11.1 Å². The maximum absolute atomic E-state index is 13.2. The van der Waals surface area contributed by atoms with Crippen LogP contribution in [-0.2, 0) is 9.53 Å². The Bertz CT molecular complexity index is 836. The molecular weight excluding hydrogens is 356 g/mol. The summed E-state index contributed by atoms with van der Waals surface area (Å²) in [7, 11) is 0. The van der Waals surface area contributed by atoms with E-state index in [1.54, 1.807) is 0 Å². The summed E-state index contributed by atoms with van der Waals surface area (Å²) in [5.41, 5.74) is 5.11. The van der Waals surface area contributed by atoms with Crippen LogP contribution in [0.3, 0.4) is 0 Å². The van der Waals surface area contributed by atoms with E-state index in [9.17, 15) is 4.79 Å². The molecule has 3 atom stereocenters. The molecule has 0 heterocycles. The van der Waals surface area contributed by atoms with E-state index in [4.69, 9.17) is 4.74 Å². The van der Waals surface area contributed by atoms with Crippen LogP contribution in [0.2, 0.25) is 0 Å². The molecule has 0 amide bonds. The average molecular weight is 389 g/mol. The van der Waals surface area contributed by atoms with E-state index >= 15 is 0 Å². The first kappa shape index (κ1) is 19.9. The van der Waals surface area contributed by atoms with Gasteiger partial charge in [-0.3, -0.25) is 4.79 Å². The number of esters is 1. The predicted molar refractivity (Wildman–Crippen MR) is 119 cm³/mol. The molecule has 1 fully saturated rings. The number of carbonyl (C=O) groups is 1. The Balaban J connectivity index is 1.51. The molecule has 0 N–H and O–H groups in total. The lowest BCUT2D eigenvalue weighted by Crippen LogP contribution is -2.29.